The van der Waals surface area contributed by atoms with Gasteiger partial charge in [0.05, 0.1) is 0 Å². The van der Waals surface area contributed by atoms with Crippen LogP contribution in [0, 0.1) is 17.8 Å². The van der Waals surface area contributed by atoms with Gasteiger partial charge < -0.3 is 15.8 Å². The molecule has 4 heteroatoms. The summed E-state index contributed by atoms with van der Waals surface area (Å²) >= 11 is 0. The molecule has 1 aromatic rings. The number of carbonyl (C=O) groups excluding carboxylic acids is 1. The molecule has 4 atom stereocenters. The van der Waals surface area contributed by atoms with E-state index in [-0.39, 0.29) is 12.1 Å². The van der Waals surface area contributed by atoms with Crippen LogP contribution in [0.25, 0.3) is 0 Å². The number of ether oxygens (including phenoxy) is 1. The predicted molar refractivity (Wildman–Crippen MR) is 76.8 cm³/mol. The highest BCUT2D eigenvalue weighted by atomic mass is 16.5. The van der Waals surface area contributed by atoms with Gasteiger partial charge in [0, 0.05) is 6.04 Å². The van der Waals surface area contributed by atoms with Gasteiger partial charge in [-0.05, 0) is 36.3 Å². The average Bonchev–Trinajstić information content (AvgIpc) is 3.07. The first-order chi connectivity index (χ1) is 9.78. The van der Waals surface area contributed by atoms with E-state index in [1.54, 1.807) is 0 Å². The molecule has 4 nitrogen and oxygen atoms in total. The quantitative estimate of drug-likeness (QED) is 0.825. The molecular weight excluding hydrogens is 252 g/mol. The lowest BCUT2D eigenvalue weighted by atomic mass is 9.89. The molecule has 106 valence electrons. The summed E-state index contributed by atoms with van der Waals surface area (Å²) < 4.78 is 5.28. The highest BCUT2D eigenvalue weighted by molar-refractivity contribution is 5.68. The molecule has 0 aliphatic heterocycles. The number of alkyl carbamates (subject to hydrolysis) is 1. The van der Waals surface area contributed by atoms with Gasteiger partial charge >= 0.3 is 6.09 Å². The Morgan fingerprint density at radius 1 is 1.25 bits per heavy atom. The van der Waals surface area contributed by atoms with Gasteiger partial charge in [-0.2, -0.15) is 0 Å². The topological polar surface area (TPSA) is 64.3 Å². The first-order valence-corrected chi connectivity index (χ1v) is 7.13. The molecule has 0 saturated heterocycles. The van der Waals surface area contributed by atoms with Crippen LogP contribution in [-0.4, -0.2) is 18.7 Å². The molecule has 3 N–H and O–H groups in total. The van der Waals surface area contributed by atoms with Gasteiger partial charge in [0.2, 0.25) is 0 Å². The lowest BCUT2D eigenvalue weighted by Crippen LogP contribution is -2.45. The van der Waals surface area contributed by atoms with E-state index < -0.39 is 0 Å². The Morgan fingerprint density at radius 3 is 2.75 bits per heavy atom. The Bertz CT molecular complexity index is 500. The molecule has 20 heavy (non-hydrogen) atoms. The van der Waals surface area contributed by atoms with Gasteiger partial charge in [0.15, 0.2) is 0 Å². The highest BCUT2D eigenvalue weighted by Crippen LogP contribution is 2.43. The van der Waals surface area contributed by atoms with Crippen LogP contribution in [-0.2, 0) is 11.3 Å². The lowest BCUT2D eigenvalue weighted by Gasteiger charge is -2.27. The number of fused-ring (bicyclic) bond motifs is 2. The Kier molecular flexibility index (Phi) is 3.74. The van der Waals surface area contributed by atoms with E-state index in [9.17, 15) is 4.79 Å². The molecule has 2 aliphatic rings. The summed E-state index contributed by atoms with van der Waals surface area (Å²) in [4.78, 5) is 11.9. The number of amides is 1. The standard InChI is InChI=1S/C16H20N2O2/c17-9-14-12-6-7-13(8-12)15(14)18-16(19)20-10-11-4-2-1-3-5-11/h1-7,12-15H,8-10,17H2,(H,18,19). The number of benzene rings is 1. The lowest BCUT2D eigenvalue weighted by molar-refractivity contribution is 0.130. The highest BCUT2D eigenvalue weighted by Gasteiger charge is 2.44. The van der Waals surface area contributed by atoms with Crippen molar-refractivity contribution in [3.63, 3.8) is 0 Å². The number of hydrogen-bond donors (Lipinski definition) is 2. The molecule has 1 aromatic carbocycles. The minimum absolute atomic E-state index is 0.123. The van der Waals surface area contributed by atoms with Gasteiger partial charge in [-0.3, -0.25) is 0 Å². The van der Waals surface area contributed by atoms with Crippen molar-refractivity contribution in [2.45, 2.75) is 19.1 Å². The minimum atomic E-state index is -0.349. The van der Waals surface area contributed by atoms with Crippen LogP contribution in [0.2, 0.25) is 0 Å². The smallest absolute Gasteiger partial charge is 0.407 e. The fourth-order valence-electron chi connectivity index (χ4n) is 3.36. The zero-order chi connectivity index (χ0) is 13.9. The van der Waals surface area contributed by atoms with Crippen molar-refractivity contribution in [2.24, 2.45) is 23.5 Å². The van der Waals surface area contributed by atoms with Crippen molar-refractivity contribution in [1.82, 2.24) is 5.32 Å². The van der Waals surface area contributed by atoms with Crippen molar-refractivity contribution >= 4 is 6.09 Å². The monoisotopic (exact) mass is 272 g/mol. The molecule has 0 radical (unpaired) electrons. The van der Waals surface area contributed by atoms with Crippen LogP contribution >= 0.6 is 0 Å². The Labute approximate surface area is 119 Å². The fraction of sp³-hybridized carbons (Fsp3) is 0.438. The maximum atomic E-state index is 11.9. The summed E-state index contributed by atoms with van der Waals surface area (Å²) in [5, 5.41) is 2.99. The molecule has 4 unspecified atom stereocenters. The summed E-state index contributed by atoms with van der Waals surface area (Å²) in [6.45, 7) is 0.908. The molecule has 1 saturated carbocycles. The van der Waals surface area contributed by atoms with Gasteiger partial charge in [-0.1, -0.05) is 42.5 Å². The van der Waals surface area contributed by atoms with Gasteiger partial charge in [-0.15, -0.1) is 0 Å². The Hall–Kier alpha value is -1.81. The van der Waals surface area contributed by atoms with Crippen LogP contribution < -0.4 is 11.1 Å². The Balaban J connectivity index is 1.53. The molecular formula is C16H20N2O2. The zero-order valence-electron chi connectivity index (χ0n) is 11.4. The van der Waals surface area contributed by atoms with E-state index in [1.165, 1.54) is 0 Å². The van der Waals surface area contributed by atoms with Crippen molar-refractivity contribution in [1.29, 1.82) is 0 Å². The molecule has 0 spiro atoms. The van der Waals surface area contributed by atoms with Gasteiger partial charge in [0.25, 0.3) is 0 Å². The van der Waals surface area contributed by atoms with Crippen LogP contribution in [0.15, 0.2) is 42.5 Å². The maximum absolute atomic E-state index is 11.9. The van der Waals surface area contributed by atoms with Crippen LogP contribution in [0.4, 0.5) is 4.79 Å². The second kappa shape index (κ2) is 5.67. The Morgan fingerprint density at radius 2 is 2.00 bits per heavy atom. The number of carbonyl (C=O) groups is 1. The molecule has 0 aromatic heterocycles. The van der Waals surface area contributed by atoms with Crippen LogP contribution in [0.3, 0.4) is 0 Å². The predicted octanol–water partition coefficient (Wildman–Crippen LogP) is 2.06. The molecule has 1 amide bonds. The SMILES string of the molecule is NCC1C2C=CC(C2)C1NC(=O)OCc1ccccc1. The minimum Gasteiger partial charge on any atom is -0.445 e. The van der Waals surface area contributed by atoms with Crippen molar-refractivity contribution < 1.29 is 9.53 Å². The van der Waals surface area contributed by atoms with E-state index in [2.05, 4.69) is 17.5 Å². The van der Waals surface area contributed by atoms with Crippen molar-refractivity contribution in [3.8, 4) is 0 Å². The molecule has 2 bridgehead atoms. The third kappa shape index (κ3) is 2.56. The number of rotatable bonds is 4. The second-order valence-electron chi connectivity index (χ2n) is 5.58. The first kappa shape index (κ1) is 13.2. The van der Waals surface area contributed by atoms with E-state index in [0.717, 1.165) is 12.0 Å². The van der Waals surface area contributed by atoms with Gasteiger partial charge in [0.1, 0.15) is 6.61 Å². The third-order valence-electron chi connectivity index (χ3n) is 4.39. The second-order valence-corrected chi connectivity index (χ2v) is 5.58. The number of hydrogen-bond acceptors (Lipinski definition) is 3. The maximum Gasteiger partial charge on any atom is 0.407 e. The number of allylic oxidation sites excluding steroid dienone is 1. The van der Waals surface area contributed by atoms with Crippen LogP contribution in [0.1, 0.15) is 12.0 Å². The van der Waals surface area contributed by atoms with Crippen molar-refractivity contribution in [2.75, 3.05) is 6.54 Å². The van der Waals surface area contributed by atoms with Crippen molar-refractivity contribution in [3.05, 3.63) is 48.0 Å². The average molecular weight is 272 g/mol. The molecule has 0 heterocycles. The zero-order valence-corrected chi connectivity index (χ0v) is 11.4. The first-order valence-electron chi connectivity index (χ1n) is 7.13. The van der Waals surface area contributed by atoms with E-state index in [1.807, 2.05) is 30.3 Å². The normalized spacial score (nSPS) is 30.4. The summed E-state index contributed by atoms with van der Waals surface area (Å²) in [6, 6.07) is 9.81. The van der Waals surface area contributed by atoms with Crippen LogP contribution in [0.5, 0.6) is 0 Å². The van der Waals surface area contributed by atoms with E-state index in [4.69, 9.17) is 10.5 Å². The molecule has 1 fully saturated rings. The fourth-order valence-corrected chi connectivity index (χ4v) is 3.36. The van der Waals surface area contributed by atoms with E-state index in [0.29, 0.717) is 30.9 Å². The number of nitrogens with two attached hydrogens (primary N) is 1. The largest absolute Gasteiger partial charge is 0.445 e. The molecule has 2 aliphatic carbocycles. The summed E-state index contributed by atoms with van der Waals surface area (Å²) in [7, 11) is 0. The van der Waals surface area contributed by atoms with E-state index >= 15 is 0 Å². The summed E-state index contributed by atoms with van der Waals surface area (Å²) in [6.07, 6.45) is 5.18. The third-order valence-corrected chi connectivity index (χ3v) is 4.39. The summed E-state index contributed by atoms with van der Waals surface area (Å²) in [5.41, 5.74) is 6.82. The number of nitrogens with one attached hydrogen (secondary N) is 1. The summed E-state index contributed by atoms with van der Waals surface area (Å²) in [5.74, 6) is 1.27. The van der Waals surface area contributed by atoms with Gasteiger partial charge in [-0.25, -0.2) is 4.79 Å². The molecule has 3 rings (SSSR count).